The van der Waals surface area contributed by atoms with E-state index in [1.807, 2.05) is 18.2 Å². The minimum Gasteiger partial charge on any atom is -0.452 e. The van der Waals surface area contributed by atoms with Crippen molar-refractivity contribution < 1.29 is 23.2 Å². The van der Waals surface area contributed by atoms with Crippen LogP contribution in [-0.4, -0.2) is 41.6 Å². The first kappa shape index (κ1) is 23.0. The molecule has 0 N–H and O–H groups in total. The summed E-state index contributed by atoms with van der Waals surface area (Å²) in [5, 5.41) is 3.88. The van der Waals surface area contributed by atoms with Crippen LogP contribution in [0.3, 0.4) is 0 Å². The number of rotatable bonds is 6. The first-order valence-corrected chi connectivity index (χ1v) is 11.2. The van der Waals surface area contributed by atoms with Crippen LogP contribution < -0.4 is 0 Å². The van der Waals surface area contributed by atoms with Crippen LogP contribution in [0.15, 0.2) is 53.1 Å². The minimum atomic E-state index is -0.810. The number of carbonyl (C=O) groups excluding carboxylic acids is 2. The molecule has 1 saturated heterocycles. The van der Waals surface area contributed by atoms with E-state index in [1.54, 1.807) is 4.90 Å². The summed E-state index contributed by atoms with van der Waals surface area (Å²) < 4.78 is 24.7. The summed E-state index contributed by atoms with van der Waals surface area (Å²) in [6, 6.07) is 14.5. The number of aromatic nitrogens is 1. The first-order chi connectivity index (χ1) is 15.9. The molecule has 0 aliphatic carbocycles. The molecule has 1 fully saturated rings. The maximum absolute atomic E-state index is 14.3. The van der Waals surface area contributed by atoms with Gasteiger partial charge in [-0.3, -0.25) is 4.79 Å². The van der Waals surface area contributed by atoms with Crippen LogP contribution in [0.25, 0.3) is 11.3 Å². The van der Waals surface area contributed by atoms with E-state index in [0.717, 1.165) is 19.3 Å². The van der Waals surface area contributed by atoms with E-state index in [-0.39, 0.29) is 33.5 Å². The van der Waals surface area contributed by atoms with E-state index in [4.69, 9.17) is 20.9 Å². The van der Waals surface area contributed by atoms with Gasteiger partial charge in [-0.2, -0.15) is 0 Å². The number of aryl methyl sites for hydroxylation is 1. The third kappa shape index (κ3) is 5.25. The molecule has 1 aliphatic rings. The van der Waals surface area contributed by atoms with Gasteiger partial charge in [0.05, 0.1) is 10.6 Å². The van der Waals surface area contributed by atoms with Crippen LogP contribution >= 0.6 is 11.6 Å². The molecule has 0 unspecified atom stereocenters. The van der Waals surface area contributed by atoms with Crippen LogP contribution in [-0.2, 0) is 16.0 Å². The van der Waals surface area contributed by atoms with Gasteiger partial charge >= 0.3 is 5.97 Å². The Hall–Kier alpha value is -3.19. The summed E-state index contributed by atoms with van der Waals surface area (Å²) >= 11 is 6.11. The summed E-state index contributed by atoms with van der Waals surface area (Å²) in [4.78, 5) is 27.1. The van der Waals surface area contributed by atoms with Gasteiger partial charge in [0.25, 0.3) is 5.91 Å². The van der Waals surface area contributed by atoms with E-state index in [1.165, 1.54) is 30.7 Å². The Morgan fingerprint density at radius 3 is 2.58 bits per heavy atom. The second kappa shape index (κ2) is 10.2. The van der Waals surface area contributed by atoms with Crippen molar-refractivity contribution in [2.24, 2.45) is 5.92 Å². The van der Waals surface area contributed by atoms with Crippen LogP contribution in [0.5, 0.6) is 0 Å². The average molecular weight is 471 g/mol. The predicted octanol–water partition coefficient (Wildman–Crippen LogP) is 5.08. The molecule has 1 aromatic heterocycles. The SMILES string of the molecule is Cc1onc(-c2c(F)cccc2Cl)c1C(=O)OCC(=O)N1CCC(Cc2ccccc2)CC1. The van der Waals surface area contributed by atoms with Gasteiger partial charge in [-0.05, 0) is 49.8 Å². The largest absolute Gasteiger partial charge is 0.452 e. The van der Waals surface area contributed by atoms with E-state index in [0.29, 0.717) is 19.0 Å². The number of hydrogen-bond acceptors (Lipinski definition) is 5. The van der Waals surface area contributed by atoms with Crippen molar-refractivity contribution in [2.75, 3.05) is 19.7 Å². The van der Waals surface area contributed by atoms with Gasteiger partial charge in [0.2, 0.25) is 0 Å². The van der Waals surface area contributed by atoms with Crippen molar-refractivity contribution in [3.05, 3.63) is 76.3 Å². The topological polar surface area (TPSA) is 72.6 Å². The highest BCUT2D eigenvalue weighted by Crippen LogP contribution is 2.33. The number of piperidine rings is 1. The lowest BCUT2D eigenvalue weighted by molar-refractivity contribution is -0.135. The van der Waals surface area contributed by atoms with Crippen molar-refractivity contribution in [1.82, 2.24) is 10.1 Å². The standard InChI is InChI=1S/C25H24ClFN2O4/c1-16-22(24(28-33-16)23-19(26)8-5-9-20(23)27)25(31)32-15-21(30)29-12-10-18(11-13-29)14-17-6-3-2-4-7-17/h2-9,18H,10-15H2,1H3. The Balaban J connectivity index is 1.34. The van der Waals surface area contributed by atoms with Crippen molar-refractivity contribution in [2.45, 2.75) is 26.2 Å². The molecule has 33 heavy (non-hydrogen) atoms. The molecule has 0 atom stereocenters. The molecule has 172 valence electrons. The number of benzene rings is 2. The van der Waals surface area contributed by atoms with Crippen molar-refractivity contribution >= 4 is 23.5 Å². The van der Waals surface area contributed by atoms with Crippen LogP contribution in [0, 0.1) is 18.7 Å². The Morgan fingerprint density at radius 2 is 1.88 bits per heavy atom. The van der Waals surface area contributed by atoms with Gasteiger partial charge in [0.1, 0.15) is 22.8 Å². The smallest absolute Gasteiger partial charge is 0.344 e. The molecular weight excluding hydrogens is 447 g/mol. The van der Waals surface area contributed by atoms with Gasteiger partial charge in [0.15, 0.2) is 6.61 Å². The molecular formula is C25H24ClFN2O4. The quantitative estimate of drug-likeness (QED) is 0.470. The fourth-order valence-electron chi connectivity index (χ4n) is 4.13. The van der Waals surface area contributed by atoms with Crippen LogP contribution in [0.1, 0.15) is 34.5 Å². The summed E-state index contributed by atoms with van der Waals surface area (Å²) in [5.74, 6) is -1.04. The third-order valence-electron chi connectivity index (χ3n) is 5.93. The van der Waals surface area contributed by atoms with Crippen LogP contribution in [0.4, 0.5) is 4.39 Å². The fourth-order valence-corrected chi connectivity index (χ4v) is 4.38. The maximum Gasteiger partial charge on any atom is 0.344 e. The van der Waals surface area contributed by atoms with Gasteiger partial charge in [-0.15, -0.1) is 0 Å². The van der Waals surface area contributed by atoms with E-state index in [2.05, 4.69) is 17.3 Å². The number of amides is 1. The van der Waals surface area contributed by atoms with Crippen molar-refractivity contribution in [1.29, 1.82) is 0 Å². The van der Waals surface area contributed by atoms with E-state index in [9.17, 15) is 14.0 Å². The van der Waals surface area contributed by atoms with Gasteiger partial charge in [-0.1, -0.05) is 53.2 Å². The summed E-state index contributed by atoms with van der Waals surface area (Å²) in [7, 11) is 0. The lowest BCUT2D eigenvalue weighted by atomic mass is 9.90. The summed E-state index contributed by atoms with van der Waals surface area (Å²) in [6.45, 7) is 2.35. The molecule has 0 bridgehead atoms. The Kier molecular flexibility index (Phi) is 7.08. The second-order valence-electron chi connectivity index (χ2n) is 8.15. The predicted molar refractivity (Wildman–Crippen MR) is 121 cm³/mol. The molecule has 2 aromatic carbocycles. The molecule has 1 aliphatic heterocycles. The first-order valence-electron chi connectivity index (χ1n) is 10.8. The Morgan fingerprint density at radius 1 is 1.15 bits per heavy atom. The third-order valence-corrected chi connectivity index (χ3v) is 6.24. The van der Waals surface area contributed by atoms with Crippen molar-refractivity contribution in [3.8, 4) is 11.3 Å². The number of esters is 1. The molecule has 3 aromatic rings. The molecule has 0 radical (unpaired) electrons. The molecule has 1 amide bonds. The number of hydrogen-bond donors (Lipinski definition) is 0. The lowest BCUT2D eigenvalue weighted by Gasteiger charge is -2.32. The highest BCUT2D eigenvalue weighted by molar-refractivity contribution is 6.33. The number of nitrogens with zero attached hydrogens (tertiary/aromatic N) is 2. The normalized spacial score (nSPS) is 14.3. The van der Waals surface area contributed by atoms with E-state index >= 15 is 0 Å². The second-order valence-corrected chi connectivity index (χ2v) is 8.56. The zero-order chi connectivity index (χ0) is 23.4. The summed E-state index contributed by atoms with van der Waals surface area (Å²) in [5.41, 5.74) is 1.16. The number of likely N-dealkylation sites (tertiary alicyclic amines) is 1. The van der Waals surface area contributed by atoms with Crippen molar-refractivity contribution in [3.63, 3.8) is 0 Å². The van der Waals surface area contributed by atoms with Gasteiger partial charge in [-0.25, -0.2) is 9.18 Å². The molecule has 0 saturated carbocycles. The summed E-state index contributed by atoms with van der Waals surface area (Å²) in [6.07, 6.45) is 2.79. The van der Waals surface area contributed by atoms with Gasteiger partial charge in [0, 0.05) is 13.1 Å². The minimum absolute atomic E-state index is 0.0450. The molecule has 0 spiro atoms. The monoisotopic (exact) mass is 470 g/mol. The highest BCUT2D eigenvalue weighted by Gasteiger charge is 2.28. The molecule has 8 heteroatoms. The number of ether oxygens (including phenoxy) is 1. The zero-order valence-electron chi connectivity index (χ0n) is 18.2. The number of halogens is 2. The molecule has 2 heterocycles. The lowest BCUT2D eigenvalue weighted by Crippen LogP contribution is -2.41. The maximum atomic E-state index is 14.3. The fraction of sp³-hybridized carbons (Fsp3) is 0.320. The Labute approximate surface area is 196 Å². The number of carbonyl (C=O) groups is 2. The average Bonchev–Trinajstić information content (AvgIpc) is 3.19. The Bertz CT molecular complexity index is 1120. The highest BCUT2D eigenvalue weighted by atomic mass is 35.5. The molecule has 6 nitrogen and oxygen atoms in total. The van der Waals surface area contributed by atoms with Gasteiger partial charge < -0.3 is 14.2 Å². The molecule has 4 rings (SSSR count). The zero-order valence-corrected chi connectivity index (χ0v) is 19.0. The van der Waals surface area contributed by atoms with Crippen LogP contribution in [0.2, 0.25) is 5.02 Å². The van der Waals surface area contributed by atoms with E-state index < -0.39 is 18.4 Å².